The third-order valence-corrected chi connectivity index (χ3v) is 15.6. The summed E-state index contributed by atoms with van der Waals surface area (Å²) in [6.07, 6.45) is 0. The van der Waals surface area contributed by atoms with Crippen LogP contribution < -0.4 is 4.90 Å². The summed E-state index contributed by atoms with van der Waals surface area (Å²) < 4.78 is 2.50. The van der Waals surface area contributed by atoms with Gasteiger partial charge in [-0.3, -0.25) is 0 Å². The average Bonchev–Trinajstić information content (AvgIpc) is 3.74. The van der Waals surface area contributed by atoms with Crippen molar-refractivity contribution < 1.29 is 0 Å². The molecule has 12 aromatic rings. The van der Waals surface area contributed by atoms with Gasteiger partial charge < -0.3 is 9.47 Å². The maximum atomic E-state index is 2.50. The van der Waals surface area contributed by atoms with E-state index in [1.807, 2.05) is 11.8 Å². The highest BCUT2D eigenvalue weighted by molar-refractivity contribution is 7.99. The fourth-order valence-corrected chi connectivity index (χ4v) is 12.8. The van der Waals surface area contributed by atoms with Crippen LogP contribution in [0.5, 0.6) is 0 Å². The molecule has 11 aromatic carbocycles. The number of hydrogen-bond acceptors (Lipinski definition) is 2. The molecule has 0 saturated carbocycles. The SMILES string of the molecule is c1ccc(-c2cccc(-c3ccccc3)c2-n2c3ccccc3c3cc(N(c4ccccc4)c4ccc5c(c4)C4(c6ccccc6S5)c5ccccc5-c5cccc6cccc4c56)ccc32)cc1. The zero-order valence-electron chi connectivity index (χ0n) is 37.1. The first-order valence-corrected chi connectivity index (χ1v) is 24.2. The predicted molar refractivity (Wildman–Crippen MR) is 285 cm³/mol. The summed E-state index contributed by atoms with van der Waals surface area (Å²) in [5.74, 6) is 0. The van der Waals surface area contributed by atoms with Crippen LogP contribution in [0, 0.1) is 0 Å². The third-order valence-electron chi connectivity index (χ3n) is 14.4. The van der Waals surface area contributed by atoms with Gasteiger partial charge in [0.2, 0.25) is 0 Å². The van der Waals surface area contributed by atoms with Crippen LogP contribution in [0.25, 0.3) is 71.6 Å². The number of hydrogen-bond donors (Lipinski definition) is 0. The first-order valence-electron chi connectivity index (χ1n) is 23.4. The molecule has 2 aliphatic rings. The van der Waals surface area contributed by atoms with Gasteiger partial charge in [0.1, 0.15) is 0 Å². The minimum atomic E-state index is -0.556. The van der Waals surface area contributed by atoms with E-state index < -0.39 is 5.41 Å². The van der Waals surface area contributed by atoms with Crippen molar-refractivity contribution in [2.45, 2.75) is 15.2 Å². The lowest BCUT2D eigenvalue weighted by molar-refractivity contribution is 0.707. The van der Waals surface area contributed by atoms with Gasteiger partial charge in [0, 0.05) is 48.8 Å². The molecule has 1 aliphatic heterocycles. The summed E-state index contributed by atoms with van der Waals surface area (Å²) in [6, 6.07) is 94.4. The predicted octanol–water partition coefficient (Wildman–Crippen LogP) is 17.6. The van der Waals surface area contributed by atoms with Crippen molar-refractivity contribution >= 4 is 61.4 Å². The number of rotatable bonds is 6. The number of aromatic nitrogens is 1. The summed E-state index contributed by atoms with van der Waals surface area (Å²) in [7, 11) is 0. The first-order chi connectivity index (χ1) is 33.8. The second-order valence-electron chi connectivity index (χ2n) is 17.9. The van der Waals surface area contributed by atoms with Crippen LogP contribution in [0.3, 0.4) is 0 Å². The Labute approximate surface area is 400 Å². The first kappa shape index (κ1) is 38.9. The molecule has 2 nitrogen and oxygen atoms in total. The van der Waals surface area contributed by atoms with E-state index in [9.17, 15) is 0 Å². The zero-order valence-corrected chi connectivity index (χ0v) is 37.9. The van der Waals surface area contributed by atoms with Crippen molar-refractivity contribution in [2.75, 3.05) is 4.90 Å². The molecular weight excluding hydrogens is 841 g/mol. The highest BCUT2D eigenvalue weighted by Crippen LogP contribution is 2.62. The number of para-hydroxylation sites is 3. The molecule has 68 heavy (non-hydrogen) atoms. The molecule has 3 heteroatoms. The van der Waals surface area contributed by atoms with E-state index in [1.165, 1.54) is 98.2 Å². The van der Waals surface area contributed by atoms with Crippen molar-refractivity contribution in [2.24, 2.45) is 0 Å². The second-order valence-corrected chi connectivity index (χ2v) is 19.0. The largest absolute Gasteiger partial charge is 0.310 e. The minimum absolute atomic E-state index is 0.556. The molecule has 1 unspecified atom stereocenters. The molecule has 1 atom stereocenters. The van der Waals surface area contributed by atoms with Crippen molar-refractivity contribution in [3.63, 3.8) is 0 Å². The Morgan fingerprint density at radius 2 is 0.882 bits per heavy atom. The van der Waals surface area contributed by atoms with Gasteiger partial charge in [-0.1, -0.05) is 206 Å². The molecule has 1 aromatic heterocycles. The van der Waals surface area contributed by atoms with E-state index in [1.54, 1.807) is 0 Å². The van der Waals surface area contributed by atoms with Crippen LogP contribution in [-0.4, -0.2) is 4.57 Å². The summed E-state index contributed by atoms with van der Waals surface area (Å²) >= 11 is 1.89. The van der Waals surface area contributed by atoms with Crippen LogP contribution in [0.1, 0.15) is 22.3 Å². The lowest BCUT2D eigenvalue weighted by Gasteiger charge is -2.46. The van der Waals surface area contributed by atoms with Gasteiger partial charge in [0.15, 0.2) is 0 Å². The molecule has 14 rings (SSSR count). The van der Waals surface area contributed by atoms with Crippen LogP contribution >= 0.6 is 11.8 Å². The summed E-state index contributed by atoms with van der Waals surface area (Å²) in [6.45, 7) is 0. The van der Waals surface area contributed by atoms with Crippen molar-refractivity contribution in [3.8, 4) is 39.1 Å². The second kappa shape index (κ2) is 15.4. The summed E-state index contributed by atoms with van der Waals surface area (Å²) in [5.41, 5.74) is 18.9. The van der Waals surface area contributed by atoms with E-state index >= 15 is 0 Å². The maximum Gasteiger partial charge on any atom is 0.0736 e. The van der Waals surface area contributed by atoms with Crippen LogP contribution in [-0.2, 0) is 5.41 Å². The van der Waals surface area contributed by atoms with E-state index in [0.717, 1.165) is 22.6 Å². The van der Waals surface area contributed by atoms with E-state index in [-0.39, 0.29) is 0 Å². The summed E-state index contributed by atoms with van der Waals surface area (Å²) in [5, 5.41) is 5.01. The van der Waals surface area contributed by atoms with E-state index in [0.29, 0.717) is 0 Å². The highest BCUT2D eigenvalue weighted by Gasteiger charge is 2.48. The molecular formula is C65H42N2S. The molecule has 0 amide bonds. The molecule has 318 valence electrons. The van der Waals surface area contributed by atoms with Crippen molar-refractivity contribution in [1.82, 2.24) is 4.57 Å². The lowest BCUT2D eigenvalue weighted by Crippen LogP contribution is -2.36. The smallest absolute Gasteiger partial charge is 0.0736 e. The van der Waals surface area contributed by atoms with E-state index in [2.05, 4.69) is 264 Å². The van der Waals surface area contributed by atoms with Gasteiger partial charge in [0.05, 0.1) is 22.1 Å². The van der Waals surface area contributed by atoms with Gasteiger partial charge in [0.25, 0.3) is 0 Å². The highest BCUT2D eigenvalue weighted by atomic mass is 32.2. The van der Waals surface area contributed by atoms with Crippen LogP contribution in [0.2, 0.25) is 0 Å². The van der Waals surface area contributed by atoms with Crippen LogP contribution in [0.15, 0.2) is 265 Å². The Kier molecular flexibility index (Phi) is 8.77. The molecule has 0 fully saturated rings. The van der Waals surface area contributed by atoms with Gasteiger partial charge in [-0.15, -0.1) is 0 Å². The molecule has 1 spiro atoms. The van der Waals surface area contributed by atoms with Crippen LogP contribution in [0.4, 0.5) is 17.1 Å². The average molecular weight is 883 g/mol. The van der Waals surface area contributed by atoms with Gasteiger partial charge >= 0.3 is 0 Å². The normalized spacial score (nSPS) is 14.5. The molecule has 0 saturated heterocycles. The van der Waals surface area contributed by atoms with Gasteiger partial charge in [-0.05, 0) is 116 Å². The number of fused-ring (bicyclic) bond motifs is 11. The number of benzene rings is 11. The fourth-order valence-electron chi connectivity index (χ4n) is 11.7. The zero-order chi connectivity index (χ0) is 44.8. The third kappa shape index (κ3) is 5.66. The Morgan fingerprint density at radius 3 is 1.66 bits per heavy atom. The van der Waals surface area contributed by atoms with Gasteiger partial charge in [-0.25, -0.2) is 0 Å². The topological polar surface area (TPSA) is 8.17 Å². The fraction of sp³-hybridized carbons (Fsp3) is 0.0154. The van der Waals surface area contributed by atoms with E-state index in [4.69, 9.17) is 0 Å². The van der Waals surface area contributed by atoms with Gasteiger partial charge in [-0.2, -0.15) is 0 Å². The molecule has 1 aliphatic carbocycles. The maximum absolute atomic E-state index is 2.50. The Hall–Kier alpha value is -8.37. The quantitative estimate of drug-likeness (QED) is 0.164. The molecule has 0 bridgehead atoms. The number of anilines is 3. The number of nitrogens with zero attached hydrogens (tertiary/aromatic N) is 2. The summed E-state index contributed by atoms with van der Waals surface area (Å²) in [4.78, 5) is 5.03. The molecule has 0 N–H and O–H groups in total. The van der Waals surface area contributed by atoms with Crippen molar-refractivity contribution in [3.05, 3.63) is 277 Å². The lowest BCUT2D eigenvalue weighted by atomic mass is 9.59. The standard InChI is InChI=1S/C65H42N2S/c1-4-19-43(20-5-1)49-29-18-30-50(44-21-6-2-7-22-44)64(49)67-59-35-14-11-28-52(59)54-41-47(37-39-60(54)67)66(46-25-8-3-9-26-46)48-38-40-62-58(42-48)65(56-33-13-15-36-61(56)68-62)55-32-12-10-27-51(55)53-31-16-23-45-24-17-34-57(65)63(45)53/h1-42H. The monoisotopic (exact) mass is 882 g/mol. The molecule has 0 radical (unpaired) electrons. The Morgan fingerprint density at radius 1 is 0.338 bits per heavy atom. The van der Waals surface area contributed by atoms with Crippen molar-refractivity contribution in [1.29, 1.82) is 0 Å². The molecule has 2 heterocycles. The Bertz CT molecular complexity index is 3890. The minimum Gasteiger partial charge on any atom is -0.310 e. The Balaban J connectivity index is 1.02.